The van der Waals surface area contributed by atoms with Crippen LogP contribution in [-0.4, -0.2) is 40.3 Å². The second kappa shape index (κ2) is 5.47. The Morgan fingerprint density at radius 2 is 1.72 bits per heavy atom. The molecule has 18 heavy (non-hydrogen) atoms. The molecule has 1 amide bonds. The molecule has 1 saturated heterocycles. The highest BCUT2D eigenvalue weighted by atomic mass is 16.4. The van der Waals surface area contributed by atoms with Crippen molar-refractivity contribution < 1.29 is 9.90 Å². The highest BCUT2D eigenvalue weighted by Gasteiger charge is 2.40. The Hall–Kier alpha value is -0.770. The van der Waals surface area contributed by atoms with Gasteiger partial charge in [0.05, 0.1) is 0 Å². The predicted octanol–water partition coefficient (Wildman–Crippen LogP) is 2.93. The van der Waals surface area contributed by atoms with Crippen LogP contribution in [0, 0.1) is 5.92 Å². The van der Waals surface area contributed by atoms with Gasteiger partial charge in [0.25, 0.3) is 0 Å². The first kappa shape index (κ1) is 15.3. The zero-order valence-electron chi connectivity index (χ0n) is 12.4. The molecule has 1 aliphatic heterocycles. The van der Waals surface area contributed by atoms with Gasteiger partial charge in [0.15, 0.2) is 0 Å². The lowest BCUT2D eigenvalue weighted by atomic mass is 9.82. The lowest BCUT2D eigenvalue weighted by molar-refractivity contribution is 0.0188. The number of amides is 1. The molecular formula is C14H28N2O2. The van der Waals surface area contributed by atoms with Crippen molar-refractivity contribution >= 4 is 6.09 Å². The molecule has 0 aromatic rings. The average molecular weight is 256 g/mol. The number of nitrogens with zero attached hydrogens (tertiary/aromatic N) is 1. The van der Waals surface area contributed by atoms with Crippen molar-refractivity contribution in [3.63, 3.8) is 0 Å². The molecular weight excluding hydrogens is 228 g/mol. The summed E-state index contributed by atoms with van der Waals surface area (Å²) in [5.41, 5.74) is -0.672. The number of hydrogen-bond donors (Lipinski definition) is 2. The van der Waals surface area contributed by atoms with E-state index in [0.717, 1.165) is 32.4 Å². The van der Waals surface area contributed by atoms with E-state index >= 15 is 0 Å². The van der Waals surface area contributed by atoms with Crippen LogP contribution >= 0.6 is 0 Å². The third-order valence-corrected chi connectivity index (χ3v) is 3.71. The van der Waals surface area contributed by atoms with Crippen LogP contribution in [0.1, 0.15) is 53.9 Å². The molecule has 0 unspecified atom stereocenters. The van der Waals surface area contributed by atoms with E-state index in [2.05, 4.69) is 19.2 Å². The molecule has 2 N–H and O–H groups in total. The topological polar surface area (TPSA) is 52.6 Å². The van der Waals surface area contributed by atoms with Gasteiger partial charge in [-0.2, -0.15) is 0 Å². The third kappa shape index (κ3) is 3.87. The fourth-order valence-corrected chi connectivity index (χ4v) is 3.34. The van der Waals surface area contributed by atoms with Crippen molar-refractivity contribution in [1.29, 1.82) is 0 Å². The van der Waals surface area contributed by atoms with E-state index in [1.54, 1.807) is 4.90 Å². The van der Waals surface area contributed by atoms with Crippen LogP contribution in [0.4, 0.5) is 4.79 Å². The number of rotatable bonds is 3. The molecule has 106 valence electrons. The minimum Gasteiger partial charge on any atom is -0.465 e. The molecule has 1 fully saturated rings. The standard InChI is InChI=1S/C14H28N2O2/c1-13(2,3)16(12(17)18)14(4,5)10-11-6-8-15-9-7-11/h11,15H,6-10H2,1-5H3,(H,17,18). The molecule has 0 aliphatic carbocycles. The summed E-state index contributed by atoms with van der Waals surface area (Å²) in [6.07, 6.45) is 2.43. The molecule has 4 nitrogen and oxygen atoms in total. The van der Waals surface area contributed by atoms with Gasteiger partial charge >= 0.3 is 6.09 Å². The van der Waals surface area contributed by atoms with Crippen LogP contribution in [0.3, 0.4) is 0 Å². The maximum absolute atomic E-state index is 11.5. The van der Waals surface area contributed by atoms with Crippen molar-refractivity contribution in [2.45, 2.75) is 65.0 Å². The van der Waals surface area contributed by atoms with Crippen LogP contribution in [-0.2, 0) is 0 Å². The van der Waals surface area contributed by atoms with Gasteiger partial charge in [-0.25, -0.2) is 4.79 Å². The summed E-state index contributed by atoms with van der Waals surface area (Å²) in [7, 11) is 0. The SMILES string of the molecule is CC(C)(C)N(C(=O)O)C(C)(C)CC1CCNCC1. The van der Waals surface area contributed by atoms with Gasteiger partial charge in [0, 0.05) is 11.1 Å². The van der Waals surface area contributed by atoms with Gasteiger partial charge in [-0.05, 0) is 72.9 Å². The fourth-order valence-electron chi connectivity index (χ4n) is 3.34. The highest BCUT2D eigenvalue weighted by molar-refractivity contribution is 5.67. The van der Waals surface area contributed by atoms with Crippen LogP contribution in [0.15, 0.2) is 0 Å². The van der Waals surface area contributed by atoms with Gasteiger partial charge in [-0.3, -0.25) is 4.90 Å². The molecule has 0 aromatic carbocycles. The molecule has 0 atom stereocenters. The van der Waals surface area contributed by atoms with E-state index in [1.165, 1.54) is 0 Å². The molecule has 0 radical (unpaired) electrons. The van der Waals surface area contributed by atoms with Crippen LogP contribution in [0.5, 0.6) is 0 Å². The Bertz CT molecular complexity index is 289. The number of piperidine rings is 1. The molecule has 4 heteroatoms. The Labute approximate surface area is 111 Å². The Balaban J connectivity index is 2.77. The monoisotopic (exact) mass is 256 g/mol. The average Bonchev–Trinajstić information content (AvgIpc) is 2.13. The number of carboxylic acid groups (broad SMARTS) is 1. The van der Waals surface area contributed by atoms with Crippen molar-refractivity contribution in [3.05, 3.63) is 0 Å². The maximum atomic E-state index is 11.5. The summed E-state index contributed by atoms with van der Waals surface area (Å²) in [5.74, 6) is 0.630. The predicted molar refractivity (Wildman–Crippen MR) is 73.9 cm³/mol. The van der Waals surface area contributed by atoms with E-state index in [0.29, 0.717) is 5.92 Å². The minimum absolute atomic E-state index is 0.313. The minimum atomic E-state index is -0.818. The zero-order chi connectivity index (χ0) is 14.0. The number of carbonyl (C=O) groups is 1. The Morgan fingerprint density at radius 1 is 1.22 bits per heavy atom. The molecule has 1 rings (SSSR count). The summed E-state index contributed by atoms with van der Waals surface area (Å²) in [6.45, 7) is 12.1. The first-order valence-electron chi connectivity index (χ1n) is 6.88. The summed E-state index contributed by atoms with van der Waals surface area (Å²) in [5, 5.41) is 12.8. The van der Waals surface area contributed by atoms with Crippen LogP contribution in [0.25, 0.3) is 0 Å². The number of nitrogens with one attached hydrogen (secondary N) is 1. The van der Waals surface area contributed by atoms with E-state index in [4.69, 9.17) is 0 Å². The number of hydrogen-bond acceptors (Lipinski definition) is 2. The van der Waals surface area contributed by atoms with Gasteiger partial charge in [-0.15, -0.1) is 0 Å². The zero-order valence-corrected chi connectivity index (χ0v) is 12.4. The molecule has 1 heterocycles. The summed E-state index contributed by atoms with van der Waals surface area (Å²) in [6, 6.07) is 0. The third-order valence-electron chi connectivity index (χ3n) is 3.71. The summed E-state index contributed by atoms with van der Waals surface area (Å²) >= 11 is 0. The Morgan fingerprint density at radius 3 is 2.11 bits per heavy atom. The van der Waals surface area contributed by atoms with E-state index in [-0.39, 0.29) is 11.1 Å². The molecule has 0 bridgehead atoms. The maximum Gasteiger partial charge on any atom is 0.408 e. The normalized spacial score (nSPS) is 18.7. The van der Waals surface area contributed by atoms with Crippen molar-refractivity contribution in [2.75, 3.05) is 13.1 Å². The summed E-state index contributed by atoms with van der Waals surface area (Å²) in [4.78, 5) is 13.2. The van der Waals surface area contributed by atoms with Crippen molar-refractivity contribution in [3.8, 4) is 0 Å². The Kier molecular flexibility index (Phi) is 4.65. The lowest BCUT2D eigenvalue weighted by Crippen LogP contribution is -2.57. The largest absolute Gasteiger partial charge is 0.465 e. The first-order valence-corrected chi connectivity index (χ1v) is 6.88. The van der Waals surface area contributed by atoms with Crippen LogP contribution in [0.2, 0.25) is 0 Å². The van der Waals surface area contributed by atoms with Gasteiger partial charge in [-0.1, -0.05) is 0 Å². The first-order chi connectivity index (χ1) is 8.14. The smallest absolute Gasteiger partial charge is 0.408 e. The van der Waals surface area contributed by atoms with E-state index in [9.17, 15) is 9.90 Å². The molecule has 0 spiro atoms. The molecule has 0 saturated carbocycles. The van der Waals surface area contributed by atoms with E-state index in [1.807, 2.05) is 20.8 Å². The van der Waals surface area contributed by atoms with Gasteiger partial charge in [0.2, 0.25) is 0 Å². The molecule has 1 aliphatic rings. The van der Waals surface area contributed by atoms with Gasteiger partial charge < -0.3 is 10.4 Å². The van der Waals surface area contributed by atoms with Crippen molar-refractivity contribution in [2.24, 2.45) is 5.92 Å². The quantitative estimate of drug-likeness (QED) is 0.816. The summed E-state index contributed by atoms with van der Waals surface area (Å²) < 4.78 is 0. The fraction of sp³-hybridized carbons (Fsp3) is 0.929. The second-order valence-corrected chi connectivity index (χ2v) is 7.00. The lowest BCUT2D eigenvalue weighted by Gasteiger charge is -2.47. The van der Waals surface area contributed by atoms with Gasteiger partial charge in [0.1, 0.15) is 0 Å². The molecule has 0 aromatic heterocycles. The highest BCUT2D eigenvalue weighted by Crippen LogP contribution is 2.33. The second-order valence-electron chi connectivity index (χ2n) is 7.00. The van der Waals surface area contributed by atoms with E-state index < -0.39 is 6.09 Å². The van der Waals surface area contributed by atoms with Crippen LogP contribution < -0.4 is 5.32 Å². The van der Waals surface area contributed by atoms with Crippen molar-refractivity contribution in [1.82, 2.24) is 10.2 Å².